The minimum atomic E-state index is -0.164. The molecule has 0 aromatic heterocycles. The summed E-state index contributed by atoms with van der Waals surface area (Å²) in [5.74, 6) is -0.164. The fourth-order valence-corrected chi connectivity index (χ4v) is 1.73. The first-order valence-corrected chi connectivity index (χ1v) is 5.83. The van der Waals surface area contributed by atoms with Crippen molar-refractivity contribution >= 4 is 35.8 Å². The van der Waals surface area contributed by atoms with E-state index in [1.165, 1.54) is 0 Å². The second-order valence-electron chi connectivity index (χ2n) is 3.51. The smallest absolute Gasteiger partial charge is 0.255 e. The number of hydrogen-bond donors (Lipinski definition) is 2. The Labute approximate surface area is 110 Å². The van der Waals surface area contributed by atoms with Gasteiger partial charge in [0.1, 0.15) is 0 Å². The molecule has 0 radical (unpaired) electrons. The van der Waals surface area contributed by atoms with Crippen molar-refractivity contribution < 1.29 is 4.79 Å². The van der Waals surface area contributed by atoms with Crippen LogP contribution in [0.25, 0.3) is 0 Å². The Kier molecular flexibility index (Phi) is 3.71. The molecule has 86 valence electrons. The second-order valence-corrected chi connectivity index (χ2v) is 4.46. The van der Waals surface area contributed by atoms with Gasteiger partial charge in [-0.15, -0.1) is 12.6 Å². The van der Waals surface area contributed by atoms with Gasteiger partial charge in [-0.05, 0) is 42.5 Å². The molecule has 2 rings (SSSR count). The molecule has 17 heavy (non-hydrogen) atoms. The average molecular weight is 264 g/mol. The van der Waals surface area contributed by atoms with E-state index < -0.39 is 0 Å². The maximum Gasteiger partial charge on any atom is 0.255 e. The van der Waals surface area contributed by atoms with Crippen molar-refractivity contribution in [1.82, 2.24) is 0 Å². The molecule has 1 amide bonds. The van der Waals surface area contributed by atoms with Gasteiger partial charge < -0.3 is 5.32 Å². The van der Waals surface area contributed by atoms with E-state index >= 15 is 0 Å². The number of thiol groups is 1. The highest BCUT2D eigenvalue weighted by Gasteiger charge is 2.05. The third-order valence-corrected chi connectivity index (χ3v) is 2.74. The fourth-order valence-electron chi connectivity index (χ4n) is 1.38. The topological polar surface area (TPSA) is 29.1 Å². The molecule has 1 N–H and O–H groups in total. The van der Waals surface area contributed by atoms with Crippen molar-refractivity contribution in [2.45, 2.75) is 4.90 Å². The summed E-state index contributed by atoms with van der Waals surface area (Å²) in [7, 11) is 0. The minimum absolute atomic E-state index is 0.164. The van der Waals surface area contributed by atoms with Gasteiger partial charge in [0.2, 0.25) is 0 Å². The molecule has 0 fully saturated rings. The van der Waals surface area contributed by atoms with Crippen LogP contribution in [0.1, 0.15) is 10.4 Å². The van der Waals surface area contributed by atoms with Crippen LogP contribution < -0.4 is 5.32 Å². The van der Waals surface area contributed by atoms with Crippen LogP contribution >= 0.6 is 24.2 Å². The van der Waals surface area contributed by atoms with Crippen LogP contribution in [0.2, 0.25) is 5.02 Å². The van der Waals surface area contributed by atoms with Crippen LogP contribution in [0.5, 0.6) is 0 Å². The number of halogens is 1. The van der Waals surface area contributed by atoms with Crippen molar-refractivity contribution in [3.05, 3.63) is 59.1 Å². The summed E-state index contributed by atoms with van der Waals surface area (Å²) in [6.07, 6.45) is 0. The first kappa shape index (κ1) is 12.0. The monoisotopic (exact) mass is 263 g/mol. The summed E-state index contributed by atoms with van der Waals surface area (Å²) in [4.78, 5) is 12.6. The predicted molar refractivity (Wildman–Crippen MR) is 73.1 cm³/mol. The van der Waals surface area contributed by atoms with Gasteiger partial charge in [-0.1, -0.05) is 17.7 Å². The number of rotatable bonds is 2. The quantitative estimate of drug-likeness (QED) is 0.791. The molecule has 2 aromatic carbocycles. The standard InChI is InChI=1S/C13H10ClNOS/c14-10-4-6-11(7-5-10)15-13(16)9-2-1-3-12(17)8-9/h1-8,17H,(H,15,16). The lowest BCUT2D eigenvalue weighted by molar-refractivity contribution is 0.102. The molecule has 2 aromatic rings. The van der Waals surface area contributed by atoms with E-state index in [2.05, 4.69) is 17.9 Å². The summed E-state index contributed by atoms with van der Waals surface area (Å²) < 4.78 is 0. The fraction of sp³-hybridized carbons (Fsp3) is 0. The van der Waals surface area contributed by atoms with E-state index in [9.17, 15) is 4.79 Å². The van der Waals surface area contributed by atoms with Crippen molar-refractivity contribution in [3.63, 3.8) is 0 Å². The summed E-state index contributed by atoms with van der Waals surface area (Å²) in [6.45, 7) is 0. The lowest BCUT2D eigenvalue weighted by Gasteiger charge is -2.05. The highest BCUT2D eigenvalue weighted by molar-refractivity contribution is 7.80. The van der Waals surface area contributed by atoms with Gasteiger partial charge in [0.15, 0.2) is 0 Å². The van der Waals surface area contributed by atoms with Crippen molar-refractivity contribution in [2.24, 2.45) is 0 Å². The number of amides is 1. The van der Waals surface area contributed by atoms with E-state index in [0.29, 0.717) is 16.3 Å². The van der Waals surface area contributed by atoms with Crippen molar-refractivity contribution in [2.75, 3.05) is 5.32 Å². The Balaban J connectivity index is 2.14. The number of carbonyl (C=O) groups is 1. The summed E-state index contributed by atoms with van der Waals surface area (Å²) in [6, 6.07) is 14.0. The Morgan fingerprint density at radius 3 is 2.47 bits per heavy atom. The predicted octanol–water partition coefficient (Wildman–Crippen LogP) is 3.88. The molecule has 0 aliphatic rings. The Hall–Kier alpha value is -1.45. The molecule has 0 unspecified atom stereocenters. The number of hydrogen-bond acceptors (Lipinski definition) is 2. The Bertz CT molecular complexity index is 539. The molecule has 0 saturated heterocycles. The largest absolute Gasteiger partial charge is 0.322 e. The number of benzene rings is 2. The van der Waals surface area contributed by atoms with Gasteiger partial charge in [-0.25, -0.2) is 0 Å². The zero-order chi connectivity index (χ0) is 12.3. The average Bonchev–Trinajstić information content (AvgIpc) is 2.32. The second kappa shape index (κ2) is 5.25. The highest BCUT2D eigenvalue weighted by atomic mass is 35.5. The third kappa shape index (κ3) is 3.25. The third-order valence-electron chi connectivity index (χ3n) is 2.21. The van der Waals surface area contributed by atoms with E-state index in [-0.39, 0.29) is 5.91 Å². The first-order chi connectivity index (χ1) is 8.15. The highest BCUT2D eigenvalue weighted by Crippen LogP contribution is 2.15. The summed E-state index contributed by atoms with van der Waals surface area (Å²) >= 11 is 9.95. The summed E-state index contributed by atoms with van der Waals surface area (Å²) in [5.41, 5.74) is 1.29. The molecule has 0 bridgehead atoms. The van der Waals surface area contributed by atoms with Gasteiger partial charge in [0.05, 0.1) is 0 Å². The molecule has 0 atom stereocenters. The maximum atomic E-state index is 11.9. The van der Waals surface area contributed by atoms with Gasteiger partial charge in [-0.2, -0.15) is 0 Å². The van der Waals surface area contributed by atoms with Gasteiger partial charge >= 0.3 is 0 Å². The number of carbonyl (C=O) groups excluding carboxylic acids is 1. The van der Waals surface area contributed by atoms with Crippen molar-refractivity contribution in [1.29, 1.82) is 0 Å². The van der Waals surface area contributed by atoms with Gasteiger partial charge in [0, 0.05) is 21.2 Å². The molecule has 0 spiro atoms. The molecule has 0 aliphatic carbocycles. The van der Waals surface area contributed by atoms with Crippen LogP contribution in [0, 0.1) is 0 Å². The van der Waals surface area contributed by atoms with E-state index in [1.807, 2.05) is 6.07 Å². The lowest BCUT2D eigenvalue weighted by atomic mass is 10.2. The van der Waals surface area contributed by atoms with Crippen molar-refractivity contribution in [3.8, 4) is 0 Å². The van der Waals surface area contributed by atoms with Crippen LogP contribution in [0.3, 0.4) is 0 Å². The van der Waals surface area contributed by atoms with Gasteiger partial charge in [0.25, 0.3) is 5.91 Å². The van der Waals surface area contributed by atoms with Crippen LogP contribution in [-0.2, 0) is 0 Å². The molecule has 0 aliphatic heterocycles. The molecule has 0 heterocycles. The van der Waals surface area contributed by atoms with Crippen LogP contribution in [-0.4, -0.2) is 5.91 Å². The molecule has 2 nitrogen and oxygen atoms in total. The maximum absolute atomic E-state index is 11.9. The lowest BCUT2D eigenvalue weighted by Crippen LogP contribution is -2.11. The Morgan fingerprint density at radius 2 is 1.82 bits per heavy atom. The zero-order valence-electron chi connectivity index (χ0n) is 8.85. The van der Waals surface area contributed by atoms with Crippen LogP contribution in [0.15, 0.2) is 53.4 Å². The zero-order valence-corrected chi connectivity index (χ0v) is 10.5. The molecule has 0 saturated carbocycles. The number of nitrogens with one attached hydrogen (secondary N) is 1. The first-order valence-electron chi connectivity index (χ1n) is 5.01. The number of anilines is 1. The minimum Gasteiger partial charge on any atom is -0.322 e. The molecule has 4 heteroatoms. The van der Waals surface area contributed by atoms with E-state index in [4.69, 9.17) is 11.6 Å². The molecular formula is C13H10ClNOS. The molecular weight excluding hydrogens is 254 g/mol. The van der Waals surface area contributed by atoms with Gasteiger partial charge in [-0.3, -0.25) is 4.79 Å². The van der Waals surface area contributed by atoms with Crippen LogP contribution in [0.4, 0.5) is 5.69 Å². The normalized spacial score (nSPS) is 10.0. The summed E-state index contributed by atoms with van der Waals surface area (Å²) in [5, 5.41) is 3.42. The van der Waals surface area contributed by atoms with E-state index in [0.717, 1.165) is 4.90 Å². The Morgan fingerprint density at radius 1 is 1.12 bits per heavy atom. The SMILES string of the molecule is O=C(Nc1ccc(Cl)cc1)c1cccc(S)c1. The van der Waals surface area contributed by atoms with E-state index in [1.54, 1.807) is 42.5 Å².